The summed E-state index contributed by atoms with van der Waals surface area (Å²) in [5.74, 6) is 0.170. The van der Waals surface area contributed by atoms with E-state index in [-0.39, 0.29) is 11.1 Å². The number of aromatic carboxylic acids is 2. The summed E-state index contributed by atoms with van der Waals surface area (Å²) in [6.45, 7) is 0. The molecule has 5 aromatic rings. The van der Waals surface area contributed by atoms with E-state index >= 15 is 0 Å². The predicted octanol–water partition coefficient (Wildman–Crippen LogP) is 6.37. The number of carbonyl (C=O) groups is 2. The summed E-state index contributed by atoms with van der Waals surface area (Å²) in [6.07, 6.45) is 3.14. The molecular weight excluding hydrogens is 434 g/mol. The van der Waals surface area contributed by atoms with Crippen molar-refractivity contribution in [3.05, 3.63) is 102 Å². The SMILES string of the molecule is O=C(O)c1ccc2cc(Oc3cncc(Oc4ccc5cc(C(=O)O)ccc5c4)c3)ccc2c1. The van der Waals surface area contributed by atoms with Crippen molar-refractivity contribution in [2.24, 2.45) is 0 Å². The van der Waals surface area contributed by atoms with E-state index in [4.69, 9.17) is 19.7 Å². The van der Waals surface area contributed by atoms with Gasteiger partial charge in [-0.25, -0.2) is 9.59 Å². The summed E-state index contributed by atoms with van der Waals surface area (Å²) in [7, 11) is 0. The molecule has 2 N–H and O–H groups in total. The summed E-state index contributed by atoms with van der Waals surface area (Å²) in [6, 6.07) is 22.3. The van der Waals surface area contributed by atoms with E-state index in [1.165, 1.54) is 0 Å². The third-order valence-corrected chi connectivity index (χ3v) is 5.28. The minimum atomic E-state index is -0.971. The summed E-state index contributed by atoms with van der Waals surface area (Å²) >= 11 is 0. The van der Waals surface area contributed by atoms with Crippen LogP contribution in [0, 0.1) is 0 Å². The van der Waals surface area contributed by atoms with Gasteiger partial charge in [0.25, 0.3) is 0 Å². The number of aromatic nitrogens is 1. The Labute approximate surface area is 193 Å². The molecule has 0 aliphatic carbocycles. The fraction of sp³-hybridized carbons (Fsp3) is 0. The second-order valence-corrected chi connectivity index (χ2v) is 7.62. The predicted molar refractivity (Wildman–Crippen MR) is 126 cm³/mol. The molecule has 0 fully saturated rings. The van der Waals surface area contributed by atoms with E-state index in [2.05, 4.69) is 4.98 Å². The lowest BCUT2D eigenvalue weighted by Crippen LogP contribution is -1.95. The molecule has 1 heterocycles. The largest absolute Gasteiger partial charge is 0.478 e. The Kier molecular flexibility index (Phi) is 5.27. The molecule has 0 saturated carbocycles. The van der Waals surface area contributed by atoms with Gasteiger partial charge in [0, 0.05) is 6.07 Å². The van der Waals surface area contributed by atoms with E-state index in [1.807, 2.05) is 12.1 Å². The van der Waals surface area contributed by atoms with Crippen LogP contribution < -0.4 is 9.47 Å². The third-order valence-electron chi connectivity index (χ3n) is 5.28. The molecule has 0 amide bonds. The number of hydrogen-bond donors (Lipinski definition) is 2. The van der Waals surface area contributed by atoms with Gasteiger partial charge >= 0.3 is 11.9 Å². The van der Waals surface area contributed by atoms with E-state index < -0.39 is 11.9 Å². The quantitative estimate of drug-likeness (QED) is 0.309. The van der Waals surface area contributed by atoms with Gasteiger partial charge in [-0.05, 0) is 70.1 Å². The van der Waals surface area contributed by atoms with E-state index in [0.717, 1.165) is 21.5 Å². The Morgan fingerprint density at radius 3 is 1.38 bits per heavy atom. The molecule has 5 rings (SSSR count). The maximum Gasteiger partial charge on any atom is 0.335 e. The molecule has 0 bridgehead atoms. The number of pyridine rings is 1. The number of rotatable bonds is 6. The zero-order chi connectivity index (χ0) is 23.7. The molecule has 166 valence electrons. The Hall–Kier alpha value is -4.91. The highest BCUT2D eigenvalue weighted by Crippen LogP contribution is 2.31. The molecule has 0 unspecified atom stereocenters. The molecule has 0 atom stereocenters. The van der Waals surface area contributed by atoms with E-state index in [0.29, 0.717) is 23.0 Å². The van der Waals surface area contributed by atoms with Crippen molar-refractivity contribution in [2.75, 3.05) is 0 Å². The number of carboxylic acids is 2. The average Bonchev–Trinajstić information content (AvgIpc) is 2.83. The lowest BCUT2D eigenvalue weighted by Gasteiger charge is -2.10. The molecule has 1 aromatic heterocycles. The summed E-state index contributed by atoms with van der Waals surface area (Å²) < 4.78 is 11.9. The molecule has 34 heavy (non-hydrogen) atoms. The van der Waals surface area contributed by atoms with Crippen LogP contribution in [0.15, 0.2) is 91.3 Å². The molecule has 0 saturated heterocycles. The van der Waals surface area contributed by atoms with Crippen LogP contribution in [0.5, 0.6) is 23.0 Å². The van der Waals surface area contributed by atoms with Crippen LogP contribution in [-0.2, 0) is 0 Å². The Balaban J connectivity index is 1.35. The van der Waals surface area contributed by atoms with Crippen LogP contribution in [0.1, 0.15) is 20.7 Å². The lowest BCUT2D eigenvalue weighted by atomic mass is 10.1. The molecule has 7 nitrogen and oxygen atoms in total. The normalized spacial score (nSPS) is 10.8. The van der Waals surface area contributed by atoms with Crippen LogP contribution in [0.3, 0.4) is 0 Å². The van der Waals surface area contributed by atoms with Gasteiger partial charge in [-0.1, -0.05) is 24.3 Å². The molecule has 0 aliphatic rings. The maximum atomic E-state index is 11.2. The third kappa shape index (κ3) is 4.35. The molecule has 0 aliphatic heterocycles. The first kappa shape index (κ1) is 21.0. The first-order valence-electron chi connectivity index (χ1n) is 10.3. The van der Waals surface area contributed by atoms with Gasteiger partial charge in [0.05, 0.1) is 23.5 Å². The van der Waals surface area contributed by atoms with E-state index in [9.17, 15) is 9.59 Å². The monoisotopic (exact) mass is 451 g/mol. The van der Waals surface area contributed by atoms with Gasteiger partial charge in [-0.2, -0.15) is 0 Å². The maximum absolute atomic E-state index is 11.2. The molecule has 0 radical (unpaired) electrons. The fourth-order valence-corrected chi connectivity index (χ4v) is 3.62. The fourth-order valence-electron chi connectivity index (χ4n) is 3.62. The number of nitrogens with zero attached hydrogens (tertiary/aromatic N) is 1. The van der Waals surface area contributed by atoms with Gasteiger partial charge in [0.1, 0.15) is 23.0 Å². The van der Waals surface area contributed by atoms with Gasteiger partial charge in [-0.3, -0.25) is 4.98 Å². The van der Waals surface area contributed by atoms with Crippen LogP contribution in [0.4, 0.5) is 0 Å². The van der Waals surface area contributed by atoms with Crippen LogP contribution >= 0.6 is 0 Å². The van der Waals surface area contributed by atoms with Crippen molar-refractivity contribution in [1.82, 2.24) is 4.98 Å². The lowest BCUT2D eigenvalue weighted by molar-refractivity contribution is 0.0686. The average molecular weight is 451 g/mol. The number of carboxylic acid groups (broad SMARTS) is 2. The Morgan fingerprint density at radius 1 is 0.529 bits per heavy atom. The highest BCUT2D eigenvalue weighted by molar-refractivity contribution is 5.95. The second-order valence-electron chi connectivity index (χ2n) is 7.62. The molecular formula is C27H17NO6. The van der Waals surface area contributed by atoms with Gasteiger partial charge in [0.15, 0.2) is 0 Å². The first-order valence-corrected chi connectivity index (χ1v) is 10.3. The van der Waals surface area contributed by atoms with Gasteiger partial charge in [0.2, 0.25) is 0 Å². The Bertz CT molecular complexity index is 1460. The summed E-state index contributed by atoms with van der Waals surface area (Å²) in [5, 5.41) is 21.6. The minimum Gasteiger partial charge on any atom is -0.478 e. The first-order chi connectivity index (χ1) is 16.4. The van der Waals surface area contributed by atoms with Crippen molar-refractivity contribution < 1.29 is 29.3 Å². The van der Waals surface area contributed by atoms with Crippen molar-refractivity contribution in [1.29, 1.82) is 0 Å². The van der Waals surface area contributed by atoms with Crippen molar-refractivity contribution >= 4 is 33.5 Å². The minimum absolute atomic E-state index is 0.228. The highest BCUT2D eigenvalue weighted by atomic mass is 16.5. The topological polar surface area (TPSA) is 106 Å². The zero-order valence-corrected chi connectivity index (χ0v) is 17.6. The second kappa shape index (κ2) is 8.55. The molecule has 4 aromatic carbocycles. The van der Waals surface area contributed by atoms with E-state index in [1.54, 1.807) is 79.1 Å². The van der Waals surface area contributed by atoms with Crippen LogP contribution in [-0.4, -0.2) is 27.1 Å². The summed E-state index contributed by atoms with van der Waals surface area (Å²) in [5.41, 5.74) is 0.456. The standard InChI is InChI=1S/C27H17NO6/c29-26(30)20-3-1-18-11-22(7-5-16(18)9-20)33-24-13-25(15-28-14-24)34-23-8-6-17-10-21(27(31)32)4-2-19(17)12-23/h1-15H,(H,29,30)(H,31,32). The zero-order valence-electron chi connectivity index (χ0n) is 17.6. The highest BCUT2D eigenvalue weighted by Gasteiger charge is 2.08. The van der Waals surface area contributed by atoms with Gasteiger partial charge in [-0.15, -0.1) is 0 Å². The summed E-state index contributed by atoms with van der Waals surface area (Å²) in [4.78, 5) is 26.5. The molecule has 7 heteroatoms. The van der Waals surface area contributed by atoms with Gasteiger partial charge < -0.3 is 19.7 Å². The van der Waals surface area contributed by atoms with Crippen molar-refractivity contribution in [3.8, 4) is 23.0 Å². The van der Waals surface area contributed by atoms with Crippen LogP contribution in [0.25, 0.3) is 21.5 Å². The smallest absolute Gasteiger partial charge is 0.335 e. The number of hydrogen-bond acceptors (Lipinski definition) is 5. The molecule has 0 spiro atoms. The van der Waals surface area contributed by atoms with Crippen molar-refractivity contribution in [2.45, 2.75) is 0 Å². The Morgan fingerprint density at radius 2 is 0.941 bits per heavy atom. The number of ether oxygens (including phenoxy) is 2. The number of benzene rings is 4. The van der Waals surface area contributed by atoms with Crippen molar-refractivity contribution in [3.63, 3.8) is 0 Å². The number of fused-ring (bicyclic) bond motifs is 2. The van der Waals surface area contributed by atoms with Crippen LogP contribution in [0.2, 0.25) is 0 Å².